The quantitative estimate of drug-likeness (QED) is 0.801. The summed E-state index contributed by atoms with van der Waals surface area (Å²) in [7, 11) is -3.50. The average molecular weight is 297 g/mol. The Hall–Kier alpha value is -1.40. The minimum absolute atomic E-state index is 0.105. The topological polar surface area (TPSA) is 83.5 Å². The smallest absolute Gasteiger partial charge is 0.307 e. The third-order valence-corrected chi connectivity index (χ3v) is 5.05. The summed E-state index contributed by atoms with van der Waals surface area (Å²) in [6.45, 7) is 2.50. The van der Waals surface area contributed by atoms with Gasteiger partial charge in [-0.15, -0.1) is 0 Å². The Morgan fingerprint density at radius 2 is 1.95 bits per heavy atom. The maximum Gasteiger partial charge on any atom is 0.307 e. The van der Waals surface area contributed by atoms with Gasteiger partial charge in [-0.05, 0) is 42.4 Å². The second kappa shape index (κ2) is 5.93. The summed E-state index contributed by atoms with van der Waals surface area (Å²) in [5.74, 6) is 0.0729. The number of rotatable bonds is 7. The van der Waals surface area contributed by atoms with Crippen molar-refractivity contribution in [1.29, 1.82) is 0 Å². The van der Waals surface area contributed by atoms with Crippen LogP contribution in [-0.2, 0) is 21.2 Å². The van der Waals surface area contributed by atoms with Crippen molar-refractivity contribution in [3.63, 3.8) is 0 Å². The Morgan fingerprint density at radius 1 is 1.35 bits per heavy atom. The van der Waals surface area contributed by atoms with Crippen molar-refractivity contribution >= 4 is 16.0 Å². The molecule has 1 aromatic rings. The van der Waals surface area contributed by atoms with Gasteiger partial charge in [0.05, 0.1) is 11.3 Å². The monoisotopic (exact) mass is 297 g/mol. The summed E-state index contributed by atoms with van der Waals surface area (Å²) in [5, 5.41) is 8.67. The molecule has 0 aliphatic heterocycles. The van der Waals surface area contributed by atoms with Gasteiger partial charge in [-0.3, -0.25) is 4.79 Å². The van der Waals surface area contributed by atoms with Gasteiger partial charge >= 0.3 is 5.97 Å². The molecule has 1 aliphatic rings. The molecule has 0 amide bonds. The highest BCUT2D eigenvalue weighted by molar-refractivity contribution is 7.89. The van der Waals surface area contributed by atoms with Crippen LogP contribution in [0.15, 0.2) is 29.2 Å². The highest BCUT2D eigenvalue weighted by Gasteiger charge is 2.28. The summed E-state index contributed by atoms with van der Waals surface area (Å²) >= 11 is 0. The summed E-state index contributed by atoms with van der Waals surface area (Å²) in [6.07, 6.45) is 2.27. The average Bonchev–Trinajstić information content (AvgIpc) is 3.20. The molecular weight excluding hydrogens is 278 g/mol. The maximum atomic E-state index is 12.1. The van der Waals surface area contributed by atoms with Gasteiger partial charge in [-0.25, -0.2) is 13.1 Å². The Kier molecular flexibility index (Phi) is 4.45. The molecule has 0 heterocycles. The van der Waals surface area contributed by atoms with Crippen LogP contribution in [0.3, 0.4) is 0 Å². The predicted octanol–water partition coefficient (Wildman–Crippen LogP) is 1.64. The number of hydrogen-bond acceptors (Lipinski definition) is 3. The van der Waals surface area contributed by atoms with E-state index in [0.717, 1.165) is 0 Å². The molecule has 0 spiro atoms. The molecule has 0 aromatic heterocycles. The first-order chi connectivity index (χ1) is 9.38. The van der Waals surface area contributed by atoms with Gasteiger partial charge in [0, 0.05) is 6.54 Å². The van der Waals surface area contributed by atoms with E-state index in [0.29, 0.717) is 23.9 Å². The van der Waals surface area contributed by atoms with Crippen molar-refractivity contribution < 1.29 is 18.3 Å². The molecule has 5 nitrogen and oxygen atoms in total. The van der Waals surface area contributed by atoms with Crippen LogP contribution in [0.4, 0.5) is 0 Å². The van der Waals surface area contributed by atoms with Crippen LogP contribution in [0.1, 0.15) is 25.3 Å². The lowest BCUT2D eigenvalue weighted by Gasteiger charge is -2.12. The van der Waals surface area contributed by atoms with Crippen molar-refractivity contribution in [1.82, 2.24) is 4.72 Å². The van der Waals surface area contributed by atoms with Crippen molar-refractivity contribution in [2.75, 3.05) is 6.54 Å². The Bertz CT molecular complexity index is 576. The van der Waals surface area contributed by atoms with Crippen LogP contribution in [0.25, 0.3) is 0 Å². The lowest BCUT2D eigenvalue weighted by atomic mass is 10.1. The van der Waals surface area contributed by atoms with E-state index in [1.54, 1.807) is 0 Å². The fourth-order valence-corrected chi connectivity index (χ4v) is 3.26. The minimum Gasteiger partial charge on any atom is -0.481 e. The first kappa shape index (κ1) is 15.0. The van der Waals surface area contributed by atoms with Gasteiger partial charge in [-0.1, -0.05) is 19.1 Å². The van der Waals surface area contributed by atoms with E-state index in [4.69, 9.17) is 5.11 Å². The summed E-state index contributed by atoms with van der Waals surface area (Å²) in [5.41, 5.74) is 0.586. The predicted molar refractivity (Wildman–Crippen MR) is 74.9 cm³/mol. The Morgan fingerprint density at radius 3 is 2.45 bits per heavy atom. The summed E-state index contributed by atoms with van der Waals surface area (Å²) < 4.78 is 26.8. The molecular formula is C14H19NO4S. The van der Waals surface area contributed by atoms with E-state index in [1.807, 2.05) is 0 Å². The van der Waals surface area contributed by atoms with E-state index in [2.05, 4.69) is 11.6 Å². The number of hydrogen-bond donors (Lipinski definition) is 2. The van der Waals surface area contributed by atoms with Gasteiger partial charge in [-0.2, -0.15) is 0 Å². The second-order valence-electron chi connectivity index (χ2n) is 5.38. The van der Waals surface area contributed by atoms with Gasteiger partial charge in [0.2, 0.25) is 10.0 Å². The standard InChI is InChI=1S/C14H19NO4S/c1-10(12-4-5-12)9-15-20(18,19)13-6-2-11(3-7-13)8-14(16)17/h2-3,6-7,10,12,15H,4-5,8-9H2,1H3,(H,16,17). The van der Waals surface area contributed by atoms with Gasteiger partial charge in [0.1, 0.15) is 0 Å². The maximum absolute atomic E-state index is 12.1. The van der Waals surface area contributed by atoms with E-state index < -0.39 is 16.0 Å². The van der Waals surface area contributed by atoms with Crippen LogP contribution in [0.2, 0.25) is 0 Å². The van der Waals surface area contributed by atoms with Crippen molar-refractivity contribution in [3.05, 3.63) is 29.8 Å². The van der Waals surface area contributed by atoms with Crippen molar-refractivity contribution in [2.45, 2.75) is 31.1 Å². The van der Waals surface area contributed by atoms with E-state index in [-0.39, 0.29) is 11.3 Å². The number of carboxylic acids is 1. The van der Waals surface area contributed by atoms with E-state index in [1.165, 1.54) is 37.1 Å². The number of benzene rings is 1. The Balaban J connectivity index is 1.99. The summed E-state index contributed by atoms with van der Waals surface area (Å²) in [4.78, 5) is 10.7. The molecule has 0 saturated heterocycles. The molecule has 2 N–H and O–H groups in total. The molecule has 0 radical (unpaired) electrons. The third-order valence-electron chi connectivity index (χ3n) is 3.61. The van der Waals surface area contributed by atoms with Crippen LogP contribution >= 0.6 is 0 Å². The number of nitrogens with one attached hydrogen (secondary N) is 1. The first-order valence-corrected chi connectivity index (χ1v) is 8.17. The van der Waals surface area contributed by atoms with Gasteiger partial charge in [0.15, 0.2) is 0 Å². The molecule has 1 fully saturated rings. The normalized spacial score (nSPS) is 16.9. The molecule has 1 aliphatic carbocycles. The van der Waals surface area contributed by atoms with Crippen LogP contribution < -0.4 is 4.72 Å². The number of carboxylic acid groups (broad SMARTS) is 1. The van der Waals surface area contributed by atoms with Gasteiger partial charge in [0.25, 0.3) is 0 Å². The molecule has 1 aromatic carbocycles. The Labute approximate surface area is 119 Å². The number of sulfonamides is 1. The highest BCUT2D eigenvalue weighted by atomic mass is 32.2. The fourth-order valence-electron chi connectivity index (χ4n) is 2.12. The van der Waals surface area contributed by atoms with Crippen LogP contribution in [0, 0.1) is 11.8 Å². The molecule has 110 valence electrons. The van der Waals surface area contributed by atoms with Crippen LogP contribution in [-0.4, -0.2) is 26.0 Å². The largest absolute Gasteiger partial charge is 0.481 e. The third kappa shape index (κ3) is 4.05. The van der Waals surface area contributed by atoms with Crippen molar-refractivity contribution in [2.24, 2.45) is 11.8 Å². The lowest BCUT2D eigenvalue weighted by molar-refractivity contribution is -0.136. The molecule has 1 saturated carbocycles. The zero-order valence-corrected chi connectivity index (χ0v) is 12.2. The summed E-state index contributed by atoms with van der Waals surface area (Å²) in [6, 6.07) is 5.96. The molecule has 1 unspecified atom stereocenters. The van der Waals surface area contributed by atoms with E-state index >= 15 is 0 Å². The van der Waals surface area contributed by atoms with E-state index in [9.17, 15) is 13.2 Å². The van der Waals surface area contributed by atoms with Gasteiger partial charge < -0.3 is 5.11 Å². The fraction of sp³-hybridized carbons (Fsp3) is 0.500. The number of carbonyl (C=O) groups is 1. The molecule has 2 rings (SSSR count). The van der Waals surface area contributed by atoms with Crippen molar-refractivity contribution in [3.8, 4) is 0 Å². The second-order valence-corrected chi connectivity index (χ2v) is 7.15. The molecule has 0 bridgehead atoms. The molecule has 20 heavy (non-hydrogen) atoms. The number of aliphatic carboxylic acids is 1. The first-order valence-electron chi connectivity index (χ1n) is 6.69. The molecule has 1 atom stereocenters. The van der Waals surface area contributed by atoms with Crippen LogP contribution in [0.5, 0.6) is 0 Å². The zero-order valence-electron chi connectivity index (χ0n) is 11.4. The SMILES string of the molecule is CC(CNS(=O)(=O)c1ccc(CC(=O)O)cc1)C1CC1. The minimum atomic E-state index is -3.50. The highest BCUT2D eigenvalue weighted by Crippen LogP contribution is 2.36. The lowest BCUT2D eigenvalue weighted by Crippen LogP contribution is -2.29. The zero-order chi connectivity index (χ0) is 14.8. The molecule has 6 heteroatoms.